The molecular formula is C15H17NO3. The summed E-state index contributed by atoms with van der Waals surface area (Å²) in [6, 6.07) is 8.63. The number of benzene rings is 1. The molecule has 0 fully saturated rings. The van der Waals surface area contributed by atoms with Crippen LogP contribution in [-0.2, 0) is 0 Å². The number of aryl methyl sites for hydroxylation is 2. The number of aliphatic hydroxyl groups excluding tert-OH is 1. The summed E-state index contributed by atoms with van der Waals surface area (Å²) in [6.45, 7) is 3.62. The Morgan fingerprint density at radius 3 is 2.79 bits per heavy atom. The topological polar surface area (TPSA) is 62.5 Å². The van der Waals surface area contributed by atoms with Crippen molar-refractivity contribution in [2.24, 2.45) is 0 Å². The highest BCUT2D eigenvalue weighted by atomic mass is 16.3. The van der Waals surface area contributed by atoms with Crippen LogP contribution in [0.5, 0.6) is 0 Å². The van der Waals surface area contributed by atoms with E-state index in [9.17, 15) is 9.90 Å². The first-order chi connectivity index (χ1) is 9.11. The summed E-state index contributed by atoms with van der Waals surface area (Å²) in [4.78, 5) is 12.2. The van der Waals surface area contributed by atoms with Crippen LogP contribution in [0.3, 0.4) is 0 Å². The van der Waals surface area contributed by atoms with Gasteiger partial charge in [-0.3, -0.25) is 4.79 Å². The lowest BCUT2D eigenvalue weighted by molar-refractivity contribution is 0.0906. The number of rotatable bonds is 4. The van der Waals surface area contributed by atoms with Crippen molar-refractivity contribution in [3.63, 3.8) is 0 Å². The zero-order chi connectivity index (χ0) is 13.8. The van der Waals surface area contributed by atoms with Gasteiger partial charge in [-0.1, -0.05) is 17.7 Å². The molecule has 0 saturated carbocycles. The third-order valence-corrected chi connectivity index (χ3v) is 3.01. The molecule has 0 saturated heterocycles. The molecule has 4 heteroatoms. The van der Waals surface area contributed by atoms with Crippen LogP contribution in [0.25, 0.3) is 0 Å². The Kier molecular flexibility index (Phi) is 4.02. The lowest BCUT2D eigenvalue weighted by Gasteiger charge is -2.15. The highest BCUT2D eigenvalue weighted by Crippen LogP contribution is 2.16. The van der Waals surface area contributed by atoms with Gasteiger partial charge in [0.25, 0.3) is 5.91 Å². The first kappa shape index (κ1) is 13.4. The molecule has 2 aromatic rings. The van der Waals surface area contributed by atoms with Crippen LogP contribution < -0.4 is 5.32 Å². The zero-order valence-electron chi connectivity index (χ0n) is 11.0. The molecule has 0 spiro atoms. The van der Waals surface area contributed by atoms with Crippen LogP contribution in [-0.4, -0.2) is 17.6 Å². The molecule has 2 N–H and O–H groups in total. The maximum Gasteiger partial charge on any atom is 0.252 e. The quantitative estimate of drug-likeness (QED) is 0.886. The summed E-state index contributed by atoms with van der Waals surface area (Å²) in [5.41, 5.74) is 2.54. The number of carbonyl (C=O) groups excluding carboxylic acids is 1. The van der Waals surface area contributed by atoms with E-state index in [1.807, 2.05) is 32.0 Å². The van der Waals surface area contributed by atoms with Crippen molar-refractivity contribution in [2.75, 3.05) is 6.61 Å². The fraction of sp³-hybridized carbons (Fsp3) is 0.267. The summed E-state index contributed by atoms with van der Waals surface area (Å²) >= 11 is 0. The Bertz CT molecular complexity index is 561. The molecule has 2 rings (SSSR count). The van der Waals surface area contributed by atoms with Gasteiger partial charge in [0.15, 0.2) is 0 Å². The van der Waals surface area contributed by atoms with Gasteiger partial charge in [-0.15, -0.1) is 0 Å². The van der Waals surface area contributed by atoms with Crippen molar-refractivity contribution < 1.29 is 14.3 Å². The molecule has 1 amide bonds. The van der Waals surface area contributed by atoms with Crippen LogP contribution in [0.1, 0.15) is 33.3 Å². The normalized spacial score (nSPS) is 12.2. The summed E-state index contributed by atoms with van der Waals surface area (Å²) < 4.78 is 5.20. The third-order valence-electron chi connectivity index (χ3n) is 3.01. The highest BCUT2D eigenvalue weighted by molar-refractivity contribution is 5.96. The number of aliphatic hydroxyl groups is 1. The average molecular weight is 259 g/mol. The zero-order valence-corrected chi connectivity index (χ0v) is 11.0. The summed E-state index contributed by atoms with van der Waals surface area (Å²) in [7, 11) is 0. The minimum Gasteiger partial charge on any atom is -0.467 e. The minimum atomic E-state index is -0.526. The Morgan fingerprint density at radius 1 is 1.37 bits per heavy atom. The first-order valence-electron chi connectivity index (χ1n) is 6.14. The number of hydrogen-bond acceptors (Lipinski definition) is 3. The van der Waals surface area contributed by atoms with E-state index in [4.69, 9.17) is 4.42 Å². The number of hydrogen-bond donors (Lipinski definition) is 2. The molecule has 0 aliphatic rings. The van der Waals surface area contributed by atoms with E-state index in [1.54, 1.807) is 12.1 Å². The first-order valence-corrected chi connectivity index (χ1v) is 6.14. The van der Waals surface area contributed by atoms with Gasteiger partial charge >= 0.3 is 0 Å². The van der Waals surface area contributed by atoms with Crippen molar-refractivity contribution in [1.82, 2.24) is 5.32 Å². The second-order valence-electron chi connectivity index (χ2n) is 4.54. The summed E-state index contributed by atoms with van der Waals surface area (Å²) in [5.74, 6) is 0.331. The lowest BCUT2D eigenvalue weighted by atomic mass is 10.0. The standard InChI is InChI=1S/C15H17NO3/c1-10-5-6-11(2)12(8-10)15(18)16-13(9-17)14-4-3-7-19-14/h3-8,13,17H,9H2,1-2H3,(H,16,18). The maximum absolute atomic E-state index is 12.2. The third kappa shape index (κ3) is 3.03. The Labute approximate surface area is 112 Å². The van der Waals surface area contributed by atoms with Gasteiger partial charge in [0.1, 0.15) is 11.8 Å². The molecule has 1 aromatic heterocycles. The SMILES string of the molecule is Cc1ccc(C)c(C(=O)NC(CO)c2ccco2)c1. The predicted molar refractivity (Wildman–Crippen MR) is 71.9 cm³/mol. The Balaban J connectivity index is 2.18. The molecule has 1 atom stereocenters. The van der Waals surface area contributed by atoms with Crippen molar-refractivity contribution in [3.05, 3.63) is 59.0 Å². The van der Waals surface area contributed by atoms with Crippen LogP contribution in [0, 0.1) is 13.8 Å². The van der Waals surface area contributed by atoms with Gasteiger partial charge in [0.05, 0.1) is 12.9 Å². The molecule has 1 aromatic carbocycles. The van der Waals surface area contributed by atoms with Crippen molar-refractivity contribution in [2.45, 2.75) is 19.9 Å². The predicted octanol–water partition coefficient (Wildman–Crippen LogP) is 2.36. The van der Waals surface area contributed by atoms with E-state index in [0.717, 1.165) is 11.1 Å². The van der Waals surface area contributed by atoms with Gasteiger partial charge in [-0.25, -0.2) is 0 Å². The molecule has 19 heavy (non-hydrogen) atoms. The highest BCUT2D eigenvalue weighted by Gasteiger charge is 2.18. The van der Waals surface area contributed by atoms with Crippen LogP contribution in [0.2, 0.25) is 0 Å². The molecule has 0 aliphatic carbocycles. The van der Waals surface area contributed by atoms with Crippen LogP contribution in [0.15, 0.2) is 41.0 Å². The lowest BCUT2D eigenvalue weighted by Crippen LogP contribution is -2.31. The van der Waals surface area contributed by atoms with Crippen LogP contribution in [0.4, 0.5) is 0 Å². The molecule has 1 unspecified atom stereocenters. The van der Waals surface area contributed by atoms with E-state index in [-0.39, 0.29) is 12.5 Å². The number of furan rings is 1. The van der Waals surface area contributed by atoms with Gasteiger partial charge in [-0.2, -0.15) is 0 Å². The summed E-state index contributed by atoms with van der Waals surface area (Å²) in [5, 5.41) is 12.1. The largest absolute Gasteiger partial charge is 0.467 e. The summed E-state index contributed by atoms with van der Waals surface area (Å²) in [6.07, 6.45) is 1.52. The molecule has 0 radical (unpaired) electrons. The monoisotopic (exact) mass is 259 g/mol. The van der Waals surface area contributed by atoms with E-state index in [2.05, 4.69) is 5.32 Å². The second kappa shape index (κ2) is 5.71. The molecule has 0 aliphatic heterocycles. The van der Waals surface area contributed by atoms with Gasteiger partial charge in [0, 0.05) is 5.56 Å². The Morgan fingerprint density at radius 2 is 2.16 bits per heavy atom. The minimum absolute atomic E-state index is 0.204. The van der Waals surface area contributed by atoms with Crippen molar-refractivity contribution in [1.29, 1.82) is 0 Å². The van der Waals surface area contributed by atoms with E-state index in [0.29, 0.717) is 11.3 Å². The van der Waals surface area contributed by atoms with E-state index in [1.165, 1.54) is 6.26 Å². The number of carbonyl (C=O) groups is 1. The van der Waals surface area contributed by atoms with E-state index >= 15 is 0 Å². The van der Waals surface area contributed by atoms with Crippen molar-refractivity contribution in [3.8, 4) is 0 Å². The number of amides is 1. The average Bonchev–Trinajstić information content (AvgIpc) is 2.92. The van der Waals surface area contributed by atoms with Gasteiger partial charge in [0.2, 0.25) is 0 Å². The molecule has 1 heterocycles. The maximum atomic E-state index is 12.2. The fourth-order valence-electron chi connectivity index (χ4n) is 1.91. The Hall–Kier alpha value is -2.07. The molecular weight excluding hydrogens is 242 g/mol. The second-order valence-corrected chi connectivity index (χ2v) is 4.54. The fourth-order valence-corrected chi connectivity index (χ4v) is 1.91. The molecule has 4 nitrogen and oxygen atoms in total. The number of nitrogens with one attached hydrogen (secondary N) is 1. The molecule has 100 valence electrons. The van der Waals surface area contributed by atoms with Crippen molar-refractivity contribution >= 4 is 5.91 Å². The van der Waals surface area contributed by atoms with Crippen LogP contribution >= 0.6 is 0 Å². The van der Waals surface area contributed by atoms with Gasteiger partial charge in [-0.05, 0) is 37.6 Å². The smallest absolute Gasteiger partial charge is 0.252 e. The molecule has 0 bridgehead atoms. The van der Waals surface area contributed by atoms with Gasteiger partial charge < -0.3 is 14.8 Å². The van der Waals surface area contributed by atoms with E-state index < -0.39 is 6.04 Å².